The van der Waals surface area contributed by atoms with Gasteiger partial charge >= 0.3 is 0 Å². The largest absolute Gasteiger partial charge is 0.396 e. The molecule has 1 fully saturated rings. The molecule has 1 rings (SSSR count). The molecule has 0 bridgehead atoms. The second-order valence-corrected chi connectivity index (χ2v) is 4.58. The second kappa shape index (κ2) is 5.42. The van der Waals surface area contributed by atoms with E-state index in [0.717, 1.165) is 6.42 Å². The van der Waals surface area contributed by atoms with Crippen LogP contribution in [0.5, 0.6) is 0 Å². The van der Waals surface area contributed by atoms with Crippen molar-refractivity contribution in [2.45, 2.75) is 26.7 Å². The second-order valence-electron chi connectivity index (χ2n) is 4.58. The van der Waals surface area contributed by atoms with Crippen LogP contribution in [0, 0.1) is 17.8 Å². The molecule has 15 heavy (non-hydrogen) atoms. The fourth-order valence-corrected chi connectivity index (χ4v) is 2.21. The summed E-state index contributed by atoms with van der Waals surface area (Å²) in [4.78, 5) is 11.8. The Hall–Kier alpha value is -0.670. The maximum atomic E-state index is 11.8. The molecule has 3 heteroatoms. The van der Waals surface area contributed by atoms with Gasteiger partial charge in [-0.2, -0.15) is 0 Å². The van der Waals surface area contributed by atoms with Crippen molar-refractivity contribution in [3.05, 3.63) is 11.6 Å². The van der Waals surface area contributed by atoms with Crippen LogP contribution in [0.1, 0.15) is 26.7 Å². The number of carbonyl (C=O) groups excluding carboxylic acids is 1. The molecule has 0 saturated heterocycles. The molecular formula is C12H20O3. The lowest BCUT2D eigenvalue weighted by Crippen LogP contribution is -2.22. The minimum Gasteiger partial charge on any atom is -0.396 e. The third-order valence-corrected chi connectivity index (χ3v) is 3.17. The molecule has 0 spiro atoms. The van der Waals surface area contributed by atoms with E-state index in [-0.39, 0.29) is 36.8 Å². The zero-order chi connectivity index (χ0) is 11.4. The molecule has 2 N–H and O–H groups in total. The number of hydrogen-bond acceptors (Lipinski definition) is 3. The first-order chi connectivity index (χ1) is 7.10. The van der Waals surface area contributed by atoms with Gasteiger partial charge in [-0.3, -0.25) is 4.79 Å². The van der Waals surface area contributed by atoms with Crippen molar-refractivity contribution in [1.82, 2.24) is 0 Å². The van der Waals surface area contributed by atoms with E-state index in [9.17, 15) is 4.79 Å². The molecule has 0 aromatic rings. The highest BCUT2D eigenvalue weighted by atomic mass is 16.3. The fraction of sp³-hybridized carbons (Fsp3) is 0.750. The Balaban J connectivity index is 2.62. The number of hydrogen-bond donors (Lipinski definition) is 2. The molecule has 0 amide bonds. The topological polar surface area (TPSA) is 57.5 Å². The summed E-state index contributed by atoms with van der Waals surface area (Å²) in [5, 5.41) is 18.2. The van der Waals surface area contributed by atoms with E-state index in [0.29, 0.717) is 6.42 Å². The van der Waals surface area contributed by atoms with Gasteiger partial charge in [0.25, 0.3) is 0 Å². The van der Waals surface area contributed by atoms with E-state index in [1.807, 2.05) is 13.8 Å². The summed E-state index contributed by atoms with van der Waals surface area (Å²) in [6.07, 6.45) is 3.51. The Morgan fingerprint density at radius 2 is 2.07 bits per heavy atom. The van der Waals surface area contributed by atoms with E-state index in [2.05, 4.69) is 6.08 Å². The van der Waals surface area contributed by atoms with Crippen molar-refractivity contribution in [3.63, 3.8) is 0 Å². The fourth-order valence-electron chi connectivity index (χ4n) is 2.21. The zero-order valence-corrected chi connectivity index (χ0v) is 9.44. The molecule has 0 aromatic heterocycles. The SMILES string of the molecule is CC(C)=CC[C@H]1C[C@H](CO)[C@@H](CO)C1=O. The minimum absolute atomic E-state index is 0.00227. The molecule has 3 atom stereocenters. The van der Waals surface area contributed by atoms with Crippen LogP contribution in [0.3, 0.4) is 0 Å². The highest BCUT2D eigenvalue weighted by Crippen LogP contribution is 2.35. The van der Waals surface area contributed by atoms with Crippen molar-refractivity contribution in [3.8, 4) is 0 Å². The summed E-state index contributed by atoms with van der Waals surface area (Å²) < 4.78 is 0. The van der Waals surface area contributed by atoms with E-state index in [4.69, 9.17) is 10.2 Å². The van der Waals surface area contributed by atoms with Gasteiger partial charge in [0.1, 0.15) is 5.78 Å². The van der Waals surface area contributed by atoms with Gasteiger partial charge in [0.2, 0.25) is 0 Å². The van der Waals surface area contributed by atoms with Crippen LogP contribution in [0.15, 0.2) is 11.6 Å². The van der Waals surface area contributed by atoms with Gasteiger partial charge < -0.3 is 10.2 Å². The lowest BCUT2D eigenvalue weighted by atomic mass is 9.97. The normalized spacial score (nSPS) is 30.7. The van der Waals surface area contributed by atoms with Crippen LogP contribution in [0.4, 0.5) is 0 Å². The summed E-state index contributed by atoms with van der Waals surface area (Å²) >= 11 is 0. The standard InChI is InChI=1S/C12H20O3/c1-8(2)3-4-9-5-10(6-13)11(7-14)12(9)15/h3,9-11,13-14H,4-7H2,1-2H3/t9-,10+,11+/m0/s1. The monoisotopic (exact) mass is 212 g/mol. The molecule has 1 saturated carbocycles. The Bertz CT molecular complexity index is 254. The highest BCUT2D eigenvalue weighted by molar-refractivity contribution is 5.86. The van der Waals surface area contributed by atoms with Crippen molar-refractivity contribution in [2.75, 3.05) is 13.2 Å². The summed E-state index contributed by atoms with van der Waals surface area (Å²) in [5.74, 6) is -0.271. The number of aliphatic hydroxyl groups excluding tert-OH is 2. The summed E-state index contributed by atoms with van der Waals surface area (Å²) in [7, 11) is 0. The first-order valence-corrected chi connectivity index (χ1v) is 5.49. The quantitative estimate of drug-likeness (QED) is 0.687. The Labute approximate surface area is 90.8 Å². The molecule has 1 aliphatic rings. The van der Waals surface area contributed by atoms with Gasteiger partial charge in [-0.25, -0.2) is 0 Å². The number of Topliss-reactive ketones (excluding diaryl/α,β-unsaturated/α-hetero) is 1. The van der Waals surface area contributed by atoms with Crippen molar-refractivity contribution >= 4 is 5.78 Å². The van der Waals surface area contributed by atoms with Crippen LogP contribution in [-0.4, -0.2) is 29.2 Å². The van der Waals surface area contributed by atoms with E-state index in [1.165, 1.54) is 5.57 Å². The average molecular weight is 212 g/mol. The van der Waals surface area contributed by atoms with Gasteiger partial charge in [0, 0.05) is 18.4 Å². The van der Waals surface area contributed by atoms with Gasteiger partial charge in [0.15, 0.2) is 0 Å². The van der Waals surface area contributed by atoms with E-state index in [1.54, 1.807) is 0 Å². The van der Waals surface area contributed by atoms with Crippen molar-refractivity contribution in [1.29, 1.82) is 0 Å². The highest BCUT2D eigenvalue weighted by Gasteiger charge is 2.40. The maximum Gasteiger partial charge on any atom is 0.142 e. The molecule has 0 aliphatic heterocycles. The molecule has 0 unspecified atom stereocenters. The molecule has 0 heterocycles. The van der Waals surface area contributed by atoms with Gasteiger partial charge in [-0.05, 0) is 32.6 Å². The molecule has 3 nitrogen and oxygen atoms in total. The third kappa shape index (κ3) is 2.89. The third-order valence-electron chi connectivity index (χ3n) is 3.17. The van der Waals surface area contributed by atoms with Crippen LogP contribution in [0.2, 0.25) is 0 Å². The smallest absolute Gasteiger partial charge is 0.142 e. The summed E-state index contributed by atoms with van der Waals surface area (Å²) in [5.41, 5.74) is 1.20. The molecule has 0 aromatic carbocycles. The molecular weight excluding hydrogens is 192 g/mol. The predicted molar refractivity (Wildman–Crippen MR) is 58.3 cm³/mol. The Morgan fingerprint density at radius 3 is 2.47 bits per heavy atom. The van der Waals surface area contributed by atoms with Crippen LogP contribution < -0.4 is 0 Å². The number of carbonyl (C=O) groups is 1. The number of aliphatic hydroxyl groups is 2. The minimum atomic E-state index is -0.342. The first kappa shape index (κ1) is 12.4. The van der Waals surface area contributed by atoms with Gasteiger partial charge in [-0.15, -0.1) is 0 Å². The van der Waals surface area contributed by atoms with Crippen LogP contribution in [-0.2, 0) is 4.79 Å². The Morgan fingerprint density at radius 1 is 1.40 bits per heavy atom. The average Bonchev–Trinajstić information content (AvgIpc) is 2.51. The van der Waals surface area contributed by atoms with Gasteiger partial charge in [-0.1, -0.05) is 11.6 Å². The molecule has 86 valence electrons. The lowest BCUT2D eigenvalue weighted by Gasteiger charge is -2.11. The van der Waals surface area contributed by atoms with Crippen molar-refractivity contribution < 1.29 is 15.0 Å². The molecule has 1 aliphatic carbocycles. The Kier molecular flexibility index (Phi) is 4.48. The summed E-state index contributed by atoms with van der Waals surface area (Å²) in [6, 6.07) is 0. The lowest BCUT2D eigenvalue weighted by molar-refractivity contribution is -0.125. The van der Waals surface area contributed by atoms with Crippen LogP contribution >= 0.6 is 0 Å². The van der Waals surface area contributed by atoms with Crippen molar-refractivity contribution in [2.24, 2.45) is 17.8 Å². The number of allylic oxidation sites excluding steroid dienone is 2. The number of ketones is 1. The molecule has 0 radical (unpaired) electrons. The van der Waals surface area contributed by atoms with Gasteiger partial charge in [0.05, 0.1) is 6.61 Å². The maximum absolute atomic E-state index is 11.8. The first-order valence-electron chi connectivity index (χ1n) is 5.49. The van der Waals surface area contributed by atoms with E-state index < -0.39 is 0 Å². The van der Waals surface area contributed by atoms with Crippen LogP contribution in [0.25, 0.3) is 0 Å². The number of rotatable bonds is 4. The van der Waals surface area contributed by atoms with E-state index >= 15 is 0 Å². The predicted octanol–water partition coefficient (Wildman–Crippen LogP) is 1.15. The summed E-state index contributed by atoms with van der Waals surface area (Å²) in [6.45, 7) is 3.89. The zero-order valence-electron chi connectivity index (χ0n) is 9.44.